The smallest absolute Gasteiger partial charge is 0.381 e. The highest BCUT2D eigenvalue weighted by atomic mass is 19.4. The maximum Gasteiger partial charge on any atom is 0.416 e. The fourth-order valence-electron chi connectivity index (χ4n) is 3.67. The molecule has 2 saturated heterocycles. The summed E-state index contributed by atoms with van der Waals surface area (Å²) >= 11 is 0. The molecule has 0 N–H and O–H groups in total. The molecule has 0 aromatic carbocycles. The van der Waals surface area contributed by atoms with Gasteiger partial charge in [-0.05, 0) is 36.8 Å². The van der Waals surface area contributed by atoms with E-state index in [-0.39, 0.29) is 5.41 Å². The number of alkyl halides is 3. The minimum Gasteiger partial charge on any atom is -0.381 e. The molecule has 4 rings (SSSR count). The van der Waals surface area contributed by atoms with Crippen molar-refractivity contribution in [2.45, 2.75) is 25.4 Å². The first kappa shape index (κ1) is 14.8. The second kappa shape index (κ2) is 5.12. The zero-order chi connectivity index (χ0) is 16.1. The molecule has 7 heteroatoms. The maximum atomic E-state index is 13.1. The fourth-order valence-corrected chi connectivity index (χ4v) is 3.67. The molecule has 0 atom stereocenters. The van der Waals surface area contributed by atoms with Crippen molar-refractivity contribution in [1.29, 1.82) is 0 Å². The molecule has 2 aliphatic heterocycles. The van der Waals surface area contributed by atoms with E-state index in [2.05, 4.69) is 4.98 Å². The Balaban J connectivity index is 1.67. The monoisotopic (exact) mass is 325 g/mol. The van der Waals surface area contributed by atoms with Crippen molar-refractivity contribution in [3.63, 3.8) is 0 Å². The van der Waals surface area contributed by atoms with Crippen LogP contribution < -0.4 is 4.90 Å². The molecule has 0 saturated carbocycles. The summed E-state index contributed by atoms with van der Waals surface area (Å²) in [5.41, 5.74) is 0.0796. The van der Waals surface area contributed by atoms with E-state index >= 15 is 0 Å². The highest BCUT2D eigenvalue weighted by Gasteiger charge is 2.39. The van der Waals surface area contributed by atoms with Gasteiger partial charge in [0.05, 0.1) is 23.9 Å². The Kier molecular flexibility index (Phi) is 3.30. The molecule has 0 bridgehead atoms. The lowest BCUT2D eigenvalue weighted by Gasteiger charge is -2.39. The Morgan fingerprint density at radius 1 is 1.13 bits per heavy atom. The van der Waals surface area contributed by atoms with Gasteiger partial charge >= 0.3 is 6.18 Å². The summed E-state index contributed by atoms with van der Waals surface area (Å²) < 4.78 is 46.7. The lowest BCUT2D eigenvalue weighted by atomic mass is 9.78. The summed E-state index contributed by atoms with van der Waals surface area (Å²) in [5.74, 6) is 0.570. The van der Waals surface area contributed by atoms with Crippen LogP contribution in [0.4, 0.5) is 19.0 Å². The normalized spacial score (nSPS) is 21.4. The van der Waals surface area contributed by atoms with Crippen molar-refractivity contribution >= 4 is 11.3 Å². The topological polar surface area (TPSA) is 29.8 Å². The number of piperidine rings is 1. The number of hydrogen-bond donors (Lipinski definition) is 0. The Morgan fingerprint density at radius 3 is 2.57 bits per heavy atom. The minimum absolute atomic E-state index is 0.228. The van der Waals surface area contributed by atoms with Crippen LogP contribution >= 0.6 is 0 Å². The van der Waals surface area contributed by atoms with Crippen molar-refractivity contribution in [2.24, 2.45) is 5.41 Å². The molecule has 0 amide bonds. The fraction of sp³-hybridized carbons (Fsp3) is 0.562. The van der Waals surface area contributed by atoms with Gasteiger partial charge in [-0.15, -0.1) is 0 Å². The first-order valence-corrected chi connectivity index (χ1v) is 7.83. The maximum absolute atomic E-state index is 13.1. The van der Waals surface area contributed by atoms with Crippen LogP contribution in [-0.2, 0) is 10.9 Å². The van der Waals surface area contributed by atoms with E-state index in [4.69, 9.17) is 4.74 Å². The second-order valence-corrected chi connectivity index (χ2v) is 6.58. The summed E-state index contributed by atoms with van der Waals surface area (Å²) in [5, 5.41) is 0. The number of nitrogens with zero attached hydrogens (tertiary/aromatic N) is 3. The van der Waals surface area contributed by atoms with E-state index in [1.165, 1.54) is 12.3 Å². The number of ether oxygens (including phenoxy) is 1. The van der Waals surface area contributed by atoms with E-state index in [0.29, 0.717) is 11.3 Å². The Labute approximate surface area is 131 Å². The van der Waals surface area contributed by atoms with Gasteiger partial charge in [0.25, 0.3) is 0 Å². The predicted octanol–water partition coefficient (Wildman–Crippen LogP) is 3.36. The molecule has 124 valence electrons. The predicted molar refractivity (Wildman–Crippen MR) is 79.5 cm³/mol. The quantitative estimate of drug-likeness (QED) is 0.805. The number of aromatic nitrogens is 2. The summed E-state index contributed by atoms with van der Waals surface area (Å²) in [6.07, 6.45) is 1.67. The van der Waals surface area contributed by atoms with E-state index in [9.17, 15) is 13.2 Å². The van der Waals surface area contributed by atoms with Crippen LogP contribution in [0.2, 0.25) is 0 Å². The average molecular weight is 325 g/mol. The van der Waals surface area contributed by atoms with Crippen LogP contribution in [0.1, 0.15) is 24.8 Å². The molecule has 0 radical (unpaired) electrons. The number of hydrogen-bond acceptors (Lipinski definition) is 3. The number of anilines is 1. The second-order valence-electron chi connectivity index (χ2n) is 6.58. The number of halogens is 3. The minimum atomic E-state index is -4.35. The number of rotatable bonds is 1. The van der Waals surface area contributed by atoms with Crippen molar-refractivity contribution in [3.8, 4) is 0 Å². The van der Waals surface area contributed by atoms with Crippen LogP contribution in [0.15, 0.2) is 24.7 Å². The van der Waals surface area contributed by atoms with E-state index in [1.54, 1.807) is 10.7 Å². The summed E-state index contributed by atoms with van der Waals surface area (Å²) in [6, 6.07) is 2.38. The summed E-state index contributed by atoms with van der Waals surface area (Å²) in [6.45, 7) is 3.08. The van der Waals surface area contributed by atoms with Crippen LogP contribution in [0, 0.1) is 5.41 Å². The summed E-state index contributed by atoms with van der Waals surface area (Å²) in [4.78, 5) is 6.04. The average Bonchev–Trinajstić information content (AvgIpc) is 3.15. The van der Waals surface area contributed by atoms with Crippen molar-refractivity contribution in [1.82, 2.24) is 9.38 Å². The highest BCUT2D eigenvalue weighted by molar-refractivity contribution is 5.58. The van der Waals surface area contributed by atoms with Crippen molar-refractivity contribution in [3.05, 3.63) is 30.2 Å². The van der Waals surface area contributed by atoms with Crippen molar-refractivity contribution < 1.29 is 17.9 Å². The van der Waals surface area contributed by atoms with E-state index in [0.717, 1.165) is 51.6 Å². The molecule has 2 fully saturated rings. The zero-order valence-electron chi connectivity index (χ0n) is 12.6. The van der Waals surface area contributed by atoms with Gasteiger partial charge in [0.1, 0.15) is 12.1 Å². The molecule has 23 heavy (non-hydrogen) atoms. The molecule has 4 nitrogen and oxygen atoms in total. The SMILES string of the molecule is FC(F)(F)c1cc(N2CCC3(CCOC3)CC2)n2cncc2c1. The van der Waals surface area contributed by atoms with Gasteiger partial charge in [-0.25, -0.2) is 4.98 Å². The Hall–Kier alpha value is -1.76. The molecular weight excluding hydrogens is 307 g/mol. The molecule has 4 heterocycles. The number of imidazole rings is 1. The molecule has 2 aromatic heterocycles. The molecule has 1 spiro atoms. The van der Waals surface area contributed by atoms with Gasteiger partial charge in [0, 0.05) is 19.7 Å². The van der Waals surface area contributed by atoms with E-state index < -0.39 is 11.7 Å². The molecule has 0 unspecified atom stereocenters. The standard InChI is InChI=1S/C16H18F3N3O/c17-16(18,19)12-7-13-9-20-11-22(13)14(8-12)21-4-1-15(2-5-21)3-6-23-10-15/h7-9,11H,1-6,10H2. The van der Waals surface area contributed by atoms with E-state index in [1.807, 2.05) is 4.90 Å². The molecular formula is C16H18F3N3O. The Bertz CT molecular complexity index is 709. The van der Waals surface area contributed by atoms with Crippen LogP contribution in [0.3, 0.4) is 0 Å². The van der Waals surface area contributed by atoms with Crippen LogP contribution in [0.5, 0.6) is 0 Å². The Morgan fingerprint density at radius 2 is 1.91 bits per heavy atom. The first-order chi connectivity index (χ1) is 11.0. The van der Waals surface area contributed by atoms with Gasteiger partial charge in [-0.2, -0.15) is 13.2 Å². The van der Waals surface area contributed by atoms with Gasteiger partial charge in [-0.1, -0.05) is 0 Å². The lowest BCUT2D eigenvalue weighted by molar-refractivity contribution is -0.137. The van der Waals surface area contributed by atoms with Gasteiger partial charge < -0.3 is 9.64 Å². The summed E-state index contributed by atoms with van der Waals surface area (Å²) in [7, 11) is 0. The molecule has 2 aromatic rings. The number of fused-ring (bicyclic) bond motifs is 1. The van der Waals surface area contributed by atoms with Gasteiger partial charge in [0.2, 0.25) is 0 Å². The molecule has 2 aliphatic rings. The van der Waals surface area contributed by atoms with Crippen LogP contribution in [-0.4, -0.2) is 35.7 Å². The third kappa shape index (κ3) is 2.56. The third-order valence-electron chi connectivity index (χ3n) is 5.16. The third-order valence-corrected chi connectivity index (χ3v) is 5.16. The highest BCUT2D eigenvalue weighted by Crippen LogP contribution is 2.41. The lowest BCUT2D eigenvalue weighted by Crippen LogP contribution is -2.41. The van der Waals surface area contributed by atoms with Crippen LogP contribution in [0.25, 0.3) is 5.52 Å². The van der Waals surface area contributed by atoms with Gasteiger partial charge in [-0.3, -0.25) is 4.40 Å². The number of pyridine rings is 1. The van der Waals surface area contributed by atoms with Gasteiger partial charge in [0.15, 0.2) is 0 Å². The molecule has 0 aliphatic carbocycles. The largest absolute Gasteiger partial charge is 0.416 e. The first-order valence-electron chi connectivity index (χ1n) is 7.83. The van der Waals surface area contributed by atoms with Crippen molar-refractivity contribution in [2.75, 3.05) is 31.2 Å². The zero-order valence-corrected chi connectivity index (χ0v) is 12.6.